The van der Waals surface area contributed by atoms with Crippen LogP contribution in [-0.4, -0.2) is 34.4 Å². The Morgan fingerprint density at radius 1 is 0.905 bits per heavy atom. The van der Waals surface area contributed by atoms with Crippen LogP contribution in [0.5, 0.6) is 0 Å². The number of benzene rings is 4. The average Bonchev–Trinajstić information content (AvgIpc) is 3.43. The van der Waals surface area contributed by atoms with E-state index in [2.05, 4.69) is 0 Å². The van der Waals surface area contributed by atoms with Crippen molar-refractivity contribution in [1.82, 2.24) is 0 Å². The average molecular weight is 579 g/mol. The van der Waals surface area contributed by atoms with E-state index in [0.29, 0.717) is 16.8 Å². The molecule has 4 aromatic carbocycles. The molecule has 0 bridgehead atoms. The first-order chi connectivity index (χ1) is 20.2. The second-order valence-electron chi connectivity index (χ2n) is 10.6. The van der Waals surface area contributed by atoms with E-state index in [1.165, 1.54) is 42.5 Å². The van der Waals surface area contributed by atoms with Gasteiger partial charge in [-0.05, 0) is 35.9 Å². The maximum atomic E-state index is 14.6. The number of nitro groups is 1. The third kappa shape index (κ3) is 3.42. The fourth-order valence-corrected chi connectivity index (χ4v) is 7.17. The number of non-ortho nitro benzene ring substituents is 1. The number of ketones is 3. The SMILES string of the molecule is O=C(c1ccccc1Cl)[C@@H]1[C@@H](c2ccc([N+](=O)[O-])cc2)C2(C(=O)c3ccccc3C2=O)[C@@H]2C=Cc3cc(F)ccc3N12. The van der Waals surface area contributed by atoms with Gasteiger partial charge in [-0.25, -0.2) is 4.39 Å². The van der Waals surface area contributed by atoms with E-state index in [0.717, 1.165) is 0 Å². The molecular formula is C33H20ClFN2O5. The molecular weight excluding hydrogens is 559 g/mol. The Labute approximate surface area is 244 Å². The Kier molecular flexibility index (Phi) is 5.75. The van der Waals surface area contributed by atoms with Gasteiger partial charge in [0.1, 0.15) is 17.3 Å². The first-order valence-corrected chi connectivity index (χ1v) is 13.6. The number of hydrogen-bond acceptors (Lipinski definition) is 6. The molecule has 1 fully saturated rings. The van der Waals surface area contributed by atoms with Crippen LogP contribution < -0.4 is 4.90 Å². The molecule has 0 saturated carbocycles. The summed E-state index contributed by atoms with van der Waals surface area (Å²) in [5, 5.41) is 11.7. The molecule has 1 aliphatic carbocycles. The number of Topliss-reactive ketones (excluding diaryl/α,β-unsaturated/α-hetero) is 3. The zero-order valence-electron chi connectivity index (χ0n) is 21.7. The molecule has 0 radical (unpaired) electrons. The predicted octanol–water partition coefficient (Wildman–Crippen LogP) is 6.70. The number of nitrogens with zero attached hydrogens (tertiary/aromatic N) is 2. The van der Waals surface area contributed by atoms with Crippen LogP contribution in [0.25, 0.3) is 6.08 Å². The van der Waals surface area contributed by atoms with Gasteiger partial charge in [0, 0.05) is 46.0 Å². The van der Waals surface area contributed by atoms with Crippen molar-refractivity contribution in [2.24, 2.45) is 5.41 Å². The summed E-state index contributed by atoms with van der Waals surface area (Å²) in [5.74, 6) is -2.86. The van der Waals surface area contributed by atoms with Crippen LogP contribution in [0.1, 0.15) is 48.1 Å². The third-order valence-electron chi connectivity index (χ3n) is 8.64. The van der Waals surface area contributed by atoms with Gasteiger partial charge in [-0.3, -0.25) is 24.5 Å². The number of carbonyl (C=O) groups is 3. The number of anilines is 1. The summed E-state index contributed by atoms with van der Waals surface area (Å²) in [6.45, 7) is 0. The Balaban J connectivity index is 1.55. The summed E-state index contributed by atoms with van der Waals surface area (Å²) in [7, 11) is 0. The first kappa shape index (κ1) is 26.0. The quantitative estimate of drug-likeness (QED) is 0.116. The molecule has 42 heavy (non-hydrogen) atoms. The minimum absolute atomic E-state index is 0.175. The molecule has 4 aromatic rings. The predicted molar refractivity (Wildman–Crippen MR) is 155 cm³/mol. The van der Waals surface area contributed by atoms with Crippen LogP contribution in [0.15, 0.2) is 97.1 Å². The van der Waals surface area contributed by atoms with Crippen LogP contribution in [0.4, 0.5) is 15.8 Å². The molecule has 0 aromatic heterocycles. The molecule has 206 valence electrons. The summed E-state index contributed by atoms with van der Waals surface area (Å²) in [6.07, 6.45) is 3.35. The van der Waals surface area contributed by atoms with Crippen LogP contribution in [0, 0.1) is 21.3 Å². The van der Waals surface area contributed by atoms with Crippen molar-refractivity contribution in [3.05, 3.63) is 146 Å². The van der Waals surface area contributed by atoms with Gasteiger partial charge in [0.05, 0.1) is 16.0 Å². The summed E-state index contributed by atoms with van der Waals surface area (Å²) in [5.41, 5.74) is 0.104. The highest BCUT2D eigenvalue weighted by molar-refractivity contribution is 6.35. The zero-order valence-corrected chi connectivity index (χ0v) is 22.5. The largest absolute Gasteiger partial charge is 0.352 e. The van der Waals surface area contributed by atoms with Gasteiger partial charge < -0.3 is 4.90 Å². The summed E-state index contributed by atoms with van der Waals surface area (Å²) >= 11 is 6.51. The van der Waals surface area contributed by atoms with Crippen LogP contribution >= 0.6 is 11.6 Å². The minimum Gasteiger partial charge on any atom is -0.352 e. The number of fused-ring (bicyclic) bond motifs is 5. The second kappa shape index (κ2) is 9.29. The lowest BCUT2D eigenvalue weighted by Crippen LogP contribution is -2.48. The highest BCUT2D eigenvalue weighted by atomic mass is 35.5. The van der Waals surface area contributed by atoms with Gasteiger partial charge >= 0.3 is 0 Å². The van der Waals surface area contributed by atoms with Gasteiger partial charge in [-0.1, -0.05) is 72.3 Å². The Morgan fingerprint density at radius 3 is 2.19 bits per heavy atom. The summed E-state index contributed by atoms with van der Waals surface area (Å²) in [6, 6.07) is 20.7. The van der Waals surface area contributed by atoms with Gasteiger partial charge in [0.15, 0.2) is 17.3 Å². The van der Waals surface area contributed by atoms with E-state index in [1.807, 2.05) is 0 Å². The van der Waals surface area contributed by atoms with Gasteiger partial charge in [0.25, 0.3) is 5.69 Å². The van der Waals surface area contributed by atoms with Crippen LogP contribution in [0.3, 0.4) is 0 Å². The lowest BCUT2D eigenvalue weighted by molar-refractivity contribution is -0.384. The number of rotatable bonds is 4. The Hall–Kier alpha value is -4.95. The minimum atomic E-state index is -1.79. The molecule has 1 saturated heterocycles. The highest BCUT2D eigenvalue weighted by Crippen LogP contribution is 2.61. The van der Waals surface area contributed by atoms with Crippen LogP contribution in [0.2, 0.25) is 5.02 Å². The zero-order chi connectivity index (χ0) is 29.3. The monoisotopic (exact) mass is 578 g/mol. The van der Waals surface area contributed by atoms with Crippen molar-refractivity contribution >= 4 is 46.4 Å². The Bertz CT molecular complexity index is 1850. The first-order valence-electron chi connectivity index (χ1n) is 13.2. The topological polar surface area (TPSA) is 97.6 Å². The Morgan fingerprint density at radius 2 is 1.55 bits per heavy atom. The molecule has 0 N–H and O–H groups in total. The molecule has 1 spiro atoms. The summed E-state index contributed by atoms with van der Waals surface area (Å²) in [4.78, 5) is 56.5. The summed E-state index contributed by atoms with van der Waals surface area (Å²) < 4.78 is 14.4. The van der Waals surface area contributed by atoms with Crippen molar-refractivity contribution in [2.75, 3.05) is 4.90 Å². The molecule has 7 rings (SSSR count). The molecule has 2 aliphatic heterocycles. The fourth-order valence-electron chi connectivity index (χ4n) is 6.94. The molecule has 9 heteroatoms. The van der Waals surface area contributed by atoms with Gasteiger partial charge in [-0.15, -0.1) is 0 Å². The number of carbonyl (C=O) groups excluding carboxylic acids is 3. The van der Waals surface area contributed by atoms with Crippen LogP contribution in [-0.2, 0) is 0 Å². The normalized spacial score (nSPS) is 21.3. The van der Waals surface area contributed by atoms with Crippen molar-refractivity contribution in [3.63, 3.8) is 0 Å². The van der Waals surface area contributed by atoms with E-state index in [4.69, 9.17) is 11.6 Å². The molecule has 2 heterocycles. The van der Waals surface area contributed by atoms with E-state index >= 15 is 0 Å². The molecule has 0 unspecified atom stereocenters. The van der Waals surface area contributed by atoms with Crippen molar-refractivity contribution in [1.29, 1.82) is 0 Å². The maximum absolute atomic E-state index is 14.6. The molecule has 0 amide bonds. The second-order valence-corrected chi connectivity index (χ2v) is 11.0. The number of hydrogen-bond donors (Lipinski definition) is 0. The highest BCUT2D eigenvalue weighted by Gasteiger charge is 2.71. The fraction of sp³-hybridized carbons (Fsp3) is 0.121. The van der Waals surface area contributed by atoms with Crippen molar-refractivity contribution in [3.8, 4) is 0 Å². The van der Waals surface area contributed by atoms with Gasteiger partial charge in [-0.2, -0.15) is 0 Å². The standard InChI is InChI=1S/C33H20ClFN2O5/c34-25-8-4-3-7-24(25)30(38)29-28(18-9-13-21(14-10-18)37(41)42)33(31(39)22-5-1-2-6-23(22)32(33)40)27-16-11-19-17-20(35)12-15-26(19)36(27)29/h1-17,27-29H/t27-,28+,29-/m0/s1. The lowest BCUT2D eigenvalue weighted by atomic mass is 9.64. The van der Waals surface area contributed by atoms with E-state index in [9.17, 15) is 28.9 Å². The maximum Gasteiger partial charge on any atom is 0.269 e. The molecule has 7 nitrogen and oxygen atoms in total. The molecule has 3 atom stereocenters. The van der Waals surface area contributed by atoms with Crippen molar-refractivity contribution in [2.45, 2.75) is 18.0 Å². The molecule has 3 aliphatic rings. The smallest absolute Gasteiger partial charge is 0.269 e. The van der Waals surface area contributed by atoms with E-state index in [-0.39, 0.29) is 27.4 Å². The van der Waals surface area contributed by atoms with Crippen molar-refractivity contribution < 1.29 is 23.7 Å². The third-order valence-corrected chi connectivity index (χ3v) is 8.97. The van der Waals surface area contributed by atoms with E-state index < -0.39 is 51.5 Å². The lowest BCUT2D eigenvalue weighted by Gasteiger charge is -2.37. The number of halogens is 2. The van der Waals surface area contributed by atoms with E-state index in [1.54, 1.807) is 65.6 Å². The number of nitro benzene ring substituents is 1. The van der Waals surface area contributed by atoms with Gasteiger partial charge in [0.2, 0.25) is 0 Å².